The van der Waals surface area contributed by atoms with Crippen LogP contribution in [0.25, 0.3) is 0 Å². The highest BCUT2D eigenvalue weighted by molar-refractivity contribution is 5.78. The lowest BCUT2D eigenvalue weighted by Gasteiger charge is -2.62. The number of carbonyl (C=O) groups is 2. The van der Waals surface area contributed by atoms with Gasteiger partial charge in [0.05, 0.1) is 0 Å². The van der Waals surface area contributed by atoms with E-state index >= 15 is 0 Å². The Labute approximate surface area is 281 Å². The third-order valence-electron chi connectivity index (χ3n) is 7.38. The molecule has 0 aliphatic rings. The first kappa shape index (κ1) is 45.5. The fourth-order valence-electron chi connectivity index (χ4n) is 6.18. The lowest BCUT2D eigenvalue weighted by molar-refractivity contribution is -0.573. The van der Waals surface area contributed by atoms with E-state index < -0.39 is 40.9 Å². The summed E-state index contributed by atoms with van der Waals surface area (Å²) < 4.78 is 64.1. The summed E-state index contributed by atoms with van der Waals surface area (Å²) in [6.07, 6.45) is 1.31. The number of carboxylic acids is 2. The van der Waals surface area contributed by atoms with Crippen molar-refractivity contribution in [1.82, 2.24) is 0 Å². The van der Waals surface area contributed by atoms with Gasteiger partial charge in [0.1, 0.15) is 0 Å². The summed E-state index contributed by atoms with van der Waals surface area (Å²) in [4.78, 5) is 25.8. The van der Waals surface area contributed by atoms with Gasteiger partial charge >= 0.3 is 23.9 Å². The molecule has 0 aliphatic carbocycles. The van der Waals surface area contributed by atoms with Crippen molar-refractivity contribution < 1.29 is 67.2 Å². The molecule has 0 aromatic heterocycles. The van der Waals surface area contributed by atoms with E-state index in [-0.39, 0.29) is 85.3 Å². The van der Waals surface area contributed by atoms with Crippen LogP contribution >= 0.6 is 0 Å². The van der Waals surface area contributed by atoms with E-state index in [0.29, 0.717) is 19.3 Å². The van der Waals surface area contributed by atoms with Crippen molar-refractivity contribution in [2.45, 2.75) is 131 Å². The van der Waals surface area contributed by atoms with Gasteiger partial charge in [0.2, 0.25) is 0 Å². The van der Waals surface area contributed by atoms with E-state index in [0.717, 1.165) is 0 Å². The van der Waals surface area contributed by atoms with Crippen LogP contribution in [-0.4, -0.2) is 112 Å². The summed E-state index contributed by atoms with van der Waals surface area (Å²) in [5.74, 6) is -11.9. The average molecular weight is 685 g/mol. The van der Waals surface area contributed by atoms with Gasteiger partial charge in [0.25, 0.3) is 11.6 Å². The minimum Gasteiger partial charge on any atom is -0.481 e. The van der Waals surface area contributed by atoms with Gasteiger partial charge in [-0.2, -0.15) is 0 Å². The zero-order valence-corrected chi connectivity index (χ0v) is 30.6. The van der Waals surface area contributed by atoms with Crippen LogP contribution in [0.5, 0.6) is 0 Å². The molecule has 0 aliphatic heterocycles. The number of aliphatic carboxylic acids is 2. The van der Waals surface area contributed by atoms with Crippen LogP contribution in [0.15, 0.2) is 0 Å². The topological polar surface area (TPSA) is 167 Å². The van der Waals surface area contributed by atoms with E-state index in [9.17, 15) is 19.8 Å². The molecule has 0 heterocycles. The molecule has 2 N–H and O–H groups in total. The Hall–Kier alpha value is -1.46. The van der Waals surface area contributed by atoms with Gasteiger partial charge in [-0.3, -0.25) is 9.59 Å². The number of hydrogen-bond acceptors (Lipinski definition) is 12. The molecular formula is C33H64O14. The minimum absolute atomic E-state index is 0.0105. The Bertz CT molecular complexity index is 759. The van der Waals surface area contributed by atoms with E-state index in [1.807, 2.05) is 0 Å². The van der Waals surface area contributed by atoms with Crippen molar-refractivity contribution in [3.63, 3.8) is 0 Å². The third kappa shape index (κ3) is 9.83. The van der Waals surface area contributed by atoms with Crippen molar-refractivity contribution in [2.75, 3.05) is 66.1 Å². The van der Waals surface area contributed by atoms with Crippen molar-refractivity contribution in [2.24, 2.45) is 5.41 Å². The van der Waals surface area contributed by atoms with Crippen LogP contribution < -0.4 is 0 Å². The Morgan fingerprint density at radius 3 is 0.936 bits per heavy atom. The molecule has 0 amide bonds. The standard InChI is InChI=1S/C33H64O14/c1-11-38-30(39-12-2,32(42-15-5,43-16-6)44-17-7)29(28(36)37,26-24-22-21-23-25-27(34)35)31(40-13-3,41-14-4)33(45-18-8,46-19-9)47-20-10/h11-26H2,1-10H3,(H,34,35)(H,36,37). The largest absolute Gasteiger partial charge is 0.481 e. The van der Waals surface area contributed by atoms with Crippen LogP contribution in [0.2, 0.25) is 0 Å². The molecule has 0 saturated carbocycles. The van der Waals surface area contributed by atoms with Crippen molar-refractivity contribution in [3.8, 4) is 0 Å². The molecule has 0 atom stereocenters. The van der Waals surface area contributed by atoms with Crippen LogP contribution in [0.3, 0.4) is 0 Å². The summed E-state index contributed by atoms with van der Waals surface area (Å²) in [5, 5.41) is 21.1. The number of ether oxygens (including phenoxy) is 10. The molecular weight excluding hydrogens is 620 g/mol. The Morgan fingerprint density at radius 2 is 0.702 bits per heavy atom. The zero-order valence-electron chi connectivity index (χ0n) is 30.6. The average Bonchev–Trinajstić information content (AvgIpc) is 3.01. The number of hydrogen-bond donors (Lipinski definition) is 2. The third-order valence-corrected chi connectivity index (χ3v) is 7.38. The van der Waals surface area contributed by atoms with Crippen molar-refractivity contribution in [3.05, 3.63) is 0 Å². The SMILES string of the molecule is CCOC(OCC)(OCC)C(OCC)(OCC)C(CCCCCCC(=O)O)(C(=O)O)C(OCC)(OCC)C(OCC)(OCC)OCC. The number of carboxylic acid groups (broad SMARTS) is 2. The zero-order chi connectivity index (χ0) is 36.0. The molecule has 14 heteroatoms. The van der Waals surface area contributed by atoms with Crippen LogP contribution in [-0.2, 0) is 57.0 Å². The molecule has 0 bridgehead atoms. The molecule has 280 valence electrons. The fraction of sp³-hybridized carbons (Fsp3) is 0.939. The second kappa shape index (κ2) is 23.0. The second-order valence-electron chi connectivity index (χ2n) is 10.2. The van der Waals surface area contributed by atoms with Gasteiger partial charge in [-0.25, -0.2) is 0 Å². The van der Waals surface area contributed by atoms with Gasteiger partial charge in [0, 0.05) is 72.5 Å². The Kier molecular flexibility index (Phi) is 22.3. The molecule has 0 unspecified atom stereocenters. The smallest absolute Gasteiger partial charge is 0.342 e. The highest BCUT2D eigenvalue weighted by atomic mass is 16.9. The molecule has 0 aromatic rings. The Balaban J connectivity index is 8.75. The summed E-state index contributed by atoms with van der Waals surface area (Å²) in [7, 11) is 0. The normalized spacial score (nSPS) is 13.3. The van der Waals surface area contributed by atoms with Gasteiger partial charge < -0.3 is 57.6 Å². The quantitative estimate of drug-likeness (QED) is 0.0669. The van der Waals surface area contributed by atoms with E-state index in [1.165, 1.54) is 0 Å². The molecule has 14 nitrogen and oxygen atoms in total. The molecule has 0 rings (SSSR count). The van der Waals surface area contributed by atoms with Crippen LogP contribution in [0, 0.1) is 5.41 Å². The van der Waals surface area contributed by atoms with Gasteiger partial charge in [-0.05, 0) is 82.1 Å². The second-order valence-corrected chi connectivity index (χ2v) is 10.2. The van der Waals surface area contributed by atoms with Crippen molar-refractivity contribution >= 4 is 11.9 Å². The van der Waals surface area contributed by atoms with Crippen molar-refractivity contribution in [1.29, 1.82) is 0 Å². The highest BCUT2D eigenvalue weighted by Gasteiger charge is 2.86. The lowest BCUT2D eigenvalue weighted by atomic mass is 9.65. The number of rotatable bonds is 32. The lowest BCUT2D eigenvalue weighted by Crippen LogP contribution is -2.83. The molecule has 47 heavy (non-hydrogen) atoms. The summed E-state index contributed by atoms with van der Waals surface area (Å²) in [6.45, 7) is 16.7. The monoisotopic (exact) mass is 684 g/mol. The van der Waals surface area contributed by atoms with E-state index in [2.05, 4.69) is 0 Å². The molecule has 0 fully saturated rings. The highest BCUT2D eigenvalue weighted by Crippen LogP contribution is 2.61. The molecule has 0 spiro atoms. The molecule has 0 saturated heterocycles. The van der Waals surface area contributed by atoms with Crippen LogP contribution in [0.1, 0.15) is 108 Å². The summed E-state index contributed by atoms with van der Waals surface area (Å²) in [5.41, 5.74) is -2.50. The van der Waals surface area contributed by atoms with E-state index in [1.54, 1.807) is 69.2 Å². The first-order valence-electron chi connectivity index (χ1n) is 17.3. The maximum absolute atomic E-state index is 14.6. The van der Waals surface area contributed by atoms with E-state index in [4.69, 9.17) is 47.4 Å². The van der Waals surface area contributed by atoms with Gasteiger partial charge in [-0.1, -0.05) is 19.3 Å². The number of unbranched alkanes of at least 4 members (excludes halogenated alkanes) is 3. The van der Waals surface area contributed by atoms with Gasteiger partial charge in [0.15, 0.2) is 5.41 Å². The fourth-order valence-corrected chi connectivity index (χ4v) is 6.18. The maximum Gasteiger partial charge on any atom is 0.342 e. The predicted molar refractivity (Wildman–Crippen MR) is 173 cm³/mol. The first-order valence-corrected chi connectivity index (χ1v) is 17.3. The van der Waals surface area contributed by atoms with Gasteiger partial charge in [-0.15, -0.1) is 0 Å². The predicted octanol–water partition coefficient (Wildman–Crippen LogP) is 5.55. The first-order chi connectivity index (χ1) is 22.5. The Morgan fingerprint density at radius 1 is 0.426 bits per heavy atom. The summed E-state index contributed by atoms with van der Waals surface area (Å²) >= 11 is 0. The minimum atomic E-state index is -2.50. The van der Waals surface area contributed by atoms with Crippen LogP contribution in [0.4, 0.5) is 0 Å². The molecule has 0 radical (unpaired) electrons. The maximum atomic E-state index is 14.6. The molecule has 0 aromatic carbocycles. The summed E-state index contributed by atoms with van der Waals surface area (Å²) in [6, 6.07) is 0.